The molecule has 0 radical (unpaired) electrons. The minimum absolute atomic E-state index is 0.150. The van der Waals surface area contributed by atoms with Gasteiger partial charge in [-0.3, -0.25) is 9.59 Å². The number of carboxylic acids is 1. The van der Waals surface area contributed by atoms with Crippen molar-refractivity contribution in [3.8, 4) is 0 Å². The van der Waals surface area contributed by atoms with Crippen molar-refractivity contribution < 1.29 is 19.5 Å². The lowest BCUT2D eigenvalue weighted by atomic mass is 9.96. The summed E-state index contributed by atoms with van der Waals surface area (Å²) >= 11 is 0. The van der Waals surface area contributed by atoms with Crippen molar-refractivity contribution in [2.45, 2.75) is 32.6 Å². The Labute approximate surface area is 140 Å². The van der Waals surface area contributed by atoms with E-state index in [0.29, 0.717) is 17.8 Å². The van der Waals surface area contributed by atoms with E-state index < -0.39 is 5.97 Å². The molecule has 1 aliphatic heterocycles. The number of nitrogens with one attached hydrogen (secondary N) is 1. The summed E-state index contributed by atoms with van der Waals surface area (Å²) < 4.78 is 0. The van der Waals surface area contributed by atoms with Crippen molar-refractivity contribution in [2.24, 2.45) is 11.8 Å². The summed E-state index contributed by atoms with van der Waals surface area (Å²) in [6.07, 6.45) is 3.50. The van der Waals surface area contributed by atoms with Crippen LogP contribution in [0.1, 0.15) is 41.6 Å². The molecular formula is C18H22N2O4. The maximum Gasteiger partial charge on any atom is 0.336 e. The number of carbonyl (C=O) groups excluding carboxylic acids is 2. The predicted molar refractivity (Wildman–Crippen MR) is 88.8 cm³/mol. The van der Waals surface area contributed by atoms with Gasteiger partial charge < -0.3 is 15.3 Å². The van der Waals surface area contributed by atoms with E-state index in [9.17, 15) is 14.4 Å². The normalized spacial score (nSPS) is 20.5. The zero-order valence-electron chi connectivity index (χ0n) is 13.7. The van der Waals surface area contributed by atoms with Gasteiger partial charge in [-0.2, -0.15) is 0 Å². The highest BCUT2D eigenvalue weighted by molar-refractivity contribution is 5.96. The number of hydrogen-bond donors (Lipinski definition) is 2. The third-order valence-electron chi connectivity index (χ3n) is 4.77. The van der Waals surface area contributed by atoms with E-state index in [1.807, 2.05) is 4.90 Å². The molecule has 2 fully saturated rings. The molecule has 1 heterocycles. The smallest absolute Gasteiger partial charge is 0.336 e. The summed E-state index contributed by atoms with van der Waals surface area (Å²) in [6.45, 7) is 2.91. The van der Waals surface area contributed by atoms with E-state index in [2.05, 4.69) is 5.32 Å². The summed E-state index contributed by atoms with van der Waals surface area (Å²) in [6, 6.07) is 4.87. The zero-order chi connectivity index (χ0) is 17.3. The molecule has 2 amide bonds. The Kier molecular flexibility index (Phi) is 4.55. The molecule has 6 heteroatoms. The zero-order valence-corrected chi connectivity index (χ0v) is 13.7. The second-order valence-corrected chi connectivity index (χ2v) is 6.72. The molecule has 1 saturated carbocycles. The Morgan fingerprint density at radius 1 is 1.17 bits per heavy atom. The fourth-order valence-corrected chi connectivity index (χ4v) is 3.15. The van der Waals surface area contributed by atoms with Crippen LogP contribution in [0.5, 0.6) is 0 Å². The fourth-order valence-electron chi connectivity index (χ4n) is 3.15. The first-order valence-corrected chi connectivity index (χ1v) is 8.39. The van der Waals surface area contributed by atoms with Gasteiger partial charge in [0.1, 0.15) is 0 Å². The number of anilines is 1. The van der Waals surface area contributed by atoms with Gasteiger partial charge in [0.2, 0.25) is 11.8 Å². The van der Waals surface area contributed by atoms with Crippen LogP contribution in [0.15, 0.2) is 18.2 Å². The molecule has 1 unspecified atom stereocenters. The number of aryl methyl sites for hydroxylation is 1. The fraction of sp³-hybridized carbons (Fsp3) is 0.500. The van der Waals surface area contributed by atoms with Gasteiger partial charge in [0.25, 0.3) is 0 Å². The van der Waals surface area contributed by atoms with Crippen LogP contribution in [0.2, 0.25) is 0 Å². The average molecular weight is 330 g/mol. The Balaban J connectivity index is 1.65. The number of likely N-dealkylation sites (tertiary alicyclic amines) is 1. The highest BCUT2D eigenvalue weighted by Crippen LogP contribution is 2.32. The van der Waals surface area contributed by atoms with E-state index >= 15 is 0 Å². The van der Waals surface area contributed by atoms with Gasteiger partial charge in [0.05, 0.1) is 11.5 Å². The molecule has 2 N–H and O–H groups in total. The monoisotopic (exact) mass is 330 g/mol. The average Bonchev–Trinajstić information content (AvgIpc) is 3.40. The van der Waals surface area contributed by atoms with Gasteiger partial charge in [0.15, 0.2) is 0 Å². The van der Waals surface area contributed by atoms with E-state index in [1.165, 1.54) is 6.07 Å². The van der Waals surface area contributed by atoms with Crippen molar-refractivity contribution in [2.75, 3.05) is 18.4 Å². The van der Waals surface area contributed by atoms with Crippen molar-refractivity contribution in [1.29, 1.82) is 0 Å². The first-order chi connectivity index (χ1) is 11.5. The maximum atomic E-state index is 12.5. The molecule has 3 rings (SSSR count). The van der Waals surface area contributed by atoms with E-state index in [0.717, 1.165) is 32.2 Å². The van der Waals surface area contributed by atoms with Gasteiger partial charge in [-0.1, -0.05) is 6.07 Å². The summed E-state index contributed by atoms with van der Waals surface area (Å²) in [5, 5.41) is 12.0. The van der Waals surface area contributed by atoms with Crippen LogP contribution in [0.3, 0.4) is 0 Å². The van der Waals surface area contributed by atoms with Crippen molar-refractivity contribution >= 4 is 23.5 Å². The van der Waals surface area contributed by atoms with Crippen LogP contribution in [0.4, 0.5) is 5.69 Å². The molecule has 0 spiro atoms. The molecule has 1 aliphatic carbocycles. The number of benzene rings is 1. The third-order valence-corrected chi connectivity index (χ3v) is 4.77. The quantitative estimate of drug-likeness (QED) is 0.887. The van der Waals surface area contributed by atoms with Gasteiger partial charge in [-0.25, -0.2) is 4.79 Å². The van der Waals surface area contributed by atoms with Crippen molar-refractivity contribution in [3.05, 3.63) is 29.3 Å². The molecule has 1 aromatic carbocycles. The first kappa shape index (κ1) is 16.5. The largest absolute Gasteiger partial charge is 0.478 e. The molecule has 0 bridgehead atoms. The molecule has 128 valence electrons. The lowest BCUT2D eigenvalue weighted by Crippen LogP contribution is -2.44. The van der Waals surface area contributed by atoms with E-state index in [1.54, 1.807) is 19.1 Å². The van der Waals surface area contributed by atoms with Crippen LogP contribution < -0.4 is 5.32 Å². The number of carboxylic acid groups (broad SMARTS) is 1. The van der Waals surface area contributed by atoms with Crippen LogP contribution in [-0.2, 0) is 9.59 Å². The first-order valence-electron chi connectivity index (χ1n) is 8.39. The number of rotatable bonds is 4. The molecule has 1 saturated heterocycles. The summed E-state index contributed by atoms with van der Waals surface area (Å²) in [5.41, 5.74) is 1.31. The number of amides is 2. The SMILES string of the molecule is Cc1ccc(NC(=O)C2CCCN(C(=O)C3CC3)C2)cc1C(=O)O. The molecule has 24 heavy (non-hydrogen) atoms. The van der Waals surface area contributed by atoms with Gasteiger partial charge in [0, 0.05) is 24.7 Å². The standard InChI is InChI=1S/C18H22N2O4/c1-11-4-7-14(9-15(11)18(23)24)19-16(21)13-3-2-8-20(10-13)17(22)12-5-6-12/h4,7,9,12-13H,2-3,5-6,8,10H2,1H3,(H,19,21)(H,23,24). The molecule has 6 nitrogen and oxygen atoms in total. The van der Waals surface area contributed by atoms with Gasteiger partial charge >= 0.3 is 5.97 Å². The van der Waals surface area contributed by atoms with Crippen LogP contribution in [-0.4, -0.2) is 40.9 Å². The minimum atomic E-state index is -1.01. The van der Waals surface area contributed by atoms with Gasteiger partial charge in [-0.15, -0.1) is 0 Å². The Bertz CT molecular complexity index is 682. The summed E-state index contributed by atoms with van der Waals surface area (Å²) in [5.74, 6) is -1.06. The second kappa shape index (κ2) is 6.63. The molecule has 2 aliphatic rings. The summed E-state index contributed by atoms with van der Waals surface area (Å²) in [7, 11) is 0. The Morgan fingerprint density at radius 2 is 1.92 bits per heavy atom. The van der Waals surface area contributed by atoms with Crippen LogP contribution in [0, 0.1) is 18.8 Å². The molecule has 0 aromatic heterocycles. The topological polar surface area (TPSA) is 86.7 Å². The maximum absolute atomic E-state index is 12.5. The second-order valence-electron chi connectivity index (χ2n) is 6.72. The summed E-state index contributed by atoms with van der Waals surface area (Å²) in [4.78, 5) is 37.7. The van der Waals surface area contributed by atoms with Crippen molar-refractivity contribution in [1.82, 2.24) is 4.90 Å². The number of nitrogens with zero attached hydrogens (tertiary/aromatic N) is 1. The molecule has 1 atom stereocenters. The Hall–Kier alpha value is -2.37. The Morgan fingerprint density at radius 3 is 2.58 bits per heavy atom. The van der Waals surface area contributed by atoms with Gasteiger partial charge in [-0.05, 0) is 50.3 Å². The number of hydrogen-bond acceptors (Lipinski definition) is 3. The van der Waals surface area contributed by atoms with Crippen LogP contribution >= 0.6 is 0 Å². The molecule has 1 aromatic rings. The highest BCUT2D eigenvalue weighted by Gasteiger charge is 2.36. The van der Waals surface area contributed by atoms with E-state index in [4.69, 9.17) is 5.11 Å². The lowest BCUT2D eigenvalue weighted by molar-refractivity contribution is -0.135. The van der Waals surface area contributed by atoms with Crippen LogP contribution in [0.25, 0.3) is 0 Å². The third kappa shape index (κ3) is 3.58. The molecular weight excluding hydrogens is 308 g/mol. The predicted octanol–water partition coefficient (Wildman–Crippen LogP) is 2.28. The lowest BCUT2D eigenvalue weighted by Gasteiger charge is -2.32. The minimum Gasteiger partial charge on any atom is -0.478 e. The number of aromatic carboxylic acids is 1. The number of carbonyl (C=O) groups is 3. The van der Waals surface area contributed by atoms with Crippen molar-refractivity contribution in [3.63, 3.8) is 0 Å². The number of piperidine rings is 1. The highest BCUT2D eigenvalue weighted by atomic mass is 16.4. The van der Waals surface area contributed by atoms with E-state index in [-0.39, 0.29) is 29.2 Å².